The summed E-state index contributed by atoms with van der Waals surface area (Å²) in [6, 6.07) is 6.17. The topological polar surface area (TPSA) is 39.2 Å². The van der Waals surface area contributed by atoms with Crippen LogP contribution in [-0.4, -0.2) is 6.04 Å². The van der Waals surface area contributed by atoms with E-state index in [1.807, 2.05) is 12.1 Å². The molecule has 2 N–H and O–H groups in total. The average molecular weight is 300 g/mol. The van der Waals surface area contributed by atoms with Crippen molar-refractivity contribution in [3.05, 3.63) is 45.0 Å². The van der Waals surface area contributed by atoms with Crippen molar-refractivity contribution in [3.8, 4) is 0 Å². The second-order valence-corrected chi connectivity index (χ2v) is 5.63. The Bertz CT molecular complexity index is 424. The summed E-state index contributed by atoms with van der Waals surface area (Å²) in [7, 11) is 0. The third-order valence-electron chi connectivity index (χ3n) is 2.48. The van der Waals surface area contributed by atoms with E-state index in [1.165, 1.54) is 9.35 Å². The highest BCUT2D eigenvalue weighted by Crippen LogP contribution is 2.24. The Labute approximate surface area is 108 Å². The van der Waals surface area contributed by atoms with Crippen LogP contribution in [-0.2, 0) is 12.8 Å². The van der Waals surface area contributed by atoms with Crippen LogP contribution in [0.5, 0.6) is 0 Å². The number of hydrogen-bond donors (Lipinski definition) is 1. The van der Waals surface area contributed by atoms with Gasteiger partial charge in [0.05, 0.1) is 6.26 Å². The first-order chi connectivity index (χ1) is 7.75. The molecule has 0 amide bonds. The first-order valence-electron chi connectivity index (χ1n) is 5.25. The Kier molecular flexibility index (Phi) is 4.21. The van der Waals surface area contributed by atoms with Crippen LogP contribution in [0.15, 0.2) is 38.7 Å². The second-order valence-electron chi connectivity index (χ2n) is 3.77. The summed E-state index contributed by atoms with van der Waals surface area (Å²) in [5, 5.41) is 2.08. The first-order valence-corrected chi connectivity index (χ1v) is 6.93. The zero-order valence-electron chi connectivity index (χ0n) is 8.86. The molecule has 1 atom stereocenters. The van der Waals surface area contributed by atoms with Crippen LogP contribution in [0.4, 0.5) is 0 Å². The molecule has 0 spiro atoms. The molecule has 86 valence electrons. The largest absolute Gasteiger partial charge is 0.469 e. The Morgan fingerprint density at radius 1 is 1.44 bits per heavy atom. The Balaban J connectivity index is 1.81. The van der Waals surface area contributed by atoms with E-state index in [4.69, 9.17) is 10.2 Å². The van der Waals surface area contributed by atoms with Crippen LogP contribution in [0.25, 0.3) is 0 Å². The molecular weight excluding hydrogens is 286 g/mol. The monoisotopic (exact) mass is 299 g/mol. The van der Waals surface area contributed by atoms with E-state index in [-0.39, 0.29) is 6.04 Å². The summed E-state index contributed by atoms with van der Waals surface area (Å²) >= 11 is 5.27. The first kappa shape index (κ1) is 11.9. The lowest BCUT2D eigenvalue weighted by Crippen LogP contribution is -2.23. The summed E-state index contributed by atoms with van der Waals surface area (Å²) in [6.07, 6.45) is 4.50. The van der Waals surface area contributed by atoms with Gasteiger partial charge in [-0.2, -0.15) is 0 Å². The maximum atomic E-state index is 6.09. The fourth-order valence-corrected chi connectivity index (χ4v) is 3.20. The van der Waals surface area contributed by atoms with Crippen molar-refractivity contribution in [1.82, 2.24) is 0 Å². The third-order valence-corrected chi connectivity index (χ3v) is 4.43. The molecule has 2 heterocycles. The molecule has 2 aromatic rings. The lowest BCUT2D eigenvalue weighted by molar-refractivity contribution is 0.484. The minimum atomic E-state index is 0.194. The molecule has 0 aliphatic heterocycles. The van der Waals surface area contributed by atoms with Gasteiger partial charge in [0.15, 0.2) is 0 Å². The lowest BCUT2D eigenvalue weighted by atomic mass is 10.1. The highest BCUT2D eigenvalue weighted by molar-refractivity contribution is 9.10. The molecule has 0 bridgehead atoms. The minimum absolute atomic E-state index is 0.194. The molecule has 4 heteroatoms. The van der Waals surface area contributed by atoms with E-state index in [9.17, 15) is 0 Å². The Hall–Kier alpha value is -0.580. The molecule has 0 aromatic carbocycles. The normalized spacial score (nSPS) is 12.9. The summed E-state index contributed by atoms with van der Waals surface area (Å²) in [6.45, 7) is 0. The maximum Gasteiger partial charge on any atom is 0.103 e. The fraction of sp³-hybridized carbons (Fsp3) is 0.333. The van der Waals surface area contributed by atoms with Crippen molar-refractivity contribution >= 4 is 27.3 Å². The smallest absolute Gasteiger partial charge is 0.103 e. The highest BCUT2D eigenvalue weighted by Gasteiger charge is 2.09. The maximum absolute atomic E-state index is 6.09. The molecule has 0 saturated carbocycles. The van der Waals surface area contributed by atoms with Crippen molar-refractivity contribution in [3.63, 3.8) is 0 Å². The molecule has 0 fully saturated rings. The summed E-state index contributed by atoms with van der Waals surface area (Å²) in [5.74, 6) is 1.01. The zero-order chi connectivity index (χ0) is 11.4. The average Bonchev–Trinajstić information content (AvgIpc) is 2.88. The van der Waals surface area contributed by atoms with Crippen molar-refractivity contribution in [2.24, 2.45) is 5.73 Å². The van der Waals surface area contributed by atoms with Crippen molar-refractivity contribution in [1.29, 1.82) is 0 Å². The molecule has 0 saturated heterocycles. The predicted octanol–water partition coefficient (Wildman–Crippen LogP) is 3.61. The quantitative estimate of drug-likeness (QED) is 0.916. The number of halogens is 1. The number of thiophene rings is 1. The van der Waals surface area contributed by atoms with Crippen LogP contribution < -0.4 is 5.73 Å². The Morgan fingerprint density at radius 3 is 2.94 bits per heavy atom. The van der Waals surface area contributed by atoms with Gasteiger partial charge in [0.1, 0.15) is 5.76 Å². The number of rotatable bonds is 5. The van der Waals surface area contributed by atoms with Crippen molar-refractivity contribution in [2.75, 3.05) is 0 Å². The fourth-order valence-electron chi connectivity index (χ4n) is 1.59. The Morgan fingerprint density at radius 2 is 2.31 bits per heavy atom. The third kappa shape index (κ3) is 3.20. The highest BCUT2D eigenvalue weighted by atomic mass is 79.9. The van der Waals surface area contributed by atoms with Crippen LogP contribution >= 0.6 is 27.3 Å². The summed E-state index contributed by atoms with van der Waals surface area (Å²) in [5.41, 5.74) is 6.09. The van der Waals surface area contributed by atoms with Gasteiger partial charge in [-0.15, -0.1) is 11.3 Å². The van der Waals surface area contributed by atoms with Gasteiger partial charge in [-0.1, -0.05) is 0 Å². The molecule has 0 radical (unpaired) electrons. The summed E-state index contributed by atoms with van der Waals surface area (Å²) in [4.78, 5) is 1.33. The van der Waals surface area contributed by atoms with Crippen molar-refractivity contribution < 1.29 is 4.42 Å². The van der Waals surface area contributed by atoms with Crippen LogP contribution in [0, 0.1) is 0 Å². The van der Waals surface area contributed by atoms with Gasteiger partial charge in [0, 0.05) is 21.8 Å². The SMILES string of the molecule is NC(CCc1ccco1)Cc1sccc1Br. The van der Waals surface area contributed by atoms with E-state index in [1.54, 1.807) is 17.6 Å². The van der Waals surface area contributed by atoms with E-state index >= 15 is 0 Å². The molecule has 0 aliphatic carbocycles. The van der Waals surface area contributed by atoms with Crippen LogP contribution in [0.1, 0.15) is 17.1 Å². The molecule has 2 aromatic heterocycles. The van der Waals surface area contributed by atoms with Crippen LogP contribution in [0.3, 0.4) is 0 Å². The van der Waals surface area contributed by atoms with Gasteiger partial charge in [-0.3, -0.25) is 0 Å². The van der Waals surface area contributed by atoms with Gasteiger partial charge in [0.2, 0.25) is 0 Å². The number of nitrogens with two attached hydrogens (primary N) is 1. The number of hydrogen-bond acceptors (Lipinski definition) is 3. The molecule has 16 heavy (non-hydrogen) atoms. The van der Waals surface area contributed by atoms with E-state index in [0.717, 1.165) is 25.0 Å². The second kappa shape index (κ2) is 5.66. The van der Waals surface area contributed by atoms with Gasteiger partial charge >= 0.3 is 0 Å². The molecule has 2 rings (SSSR count). The van der Waals surface area contributed by atoms with E-state index < -0.39 is 0 Å². The van der Waals surface area contributed by atoms with Gasteiger partial charge < -0.3 is 10.2 Å². The minimum Gasteiger partial charge on any atom is -0.469 e. The molecule has 2 nitrogen and oxygen atoms in total. The van der Waals surface area contributed by atoms with Crippen LogP contribution in [0.2, 0.25) is 0 Å². The molecular formula is C12H14BrNOS. The number of furan rings is 1. The number of aryl methyl sites for hydroxylation is 1. The standard InChI is InChI=1S/C12H14BrNOS/c13-11-5-7-16-12(11)8-9(14)3-4-10-2-1-6-15-10/h1-2,5-7,9H,3-4,8,14H2. The van der Waals surface area contributed by atoms with Gasteiger partial charge in [-0.05, 0) is 52.4 Å². The van der Waals surface area contributed by atoms with E-state index in [0.29, 0.717) is 0 Å². The zero-order valence-corrected chi connectivity index (χ0v) is 11.3. The predicted molar refractivity (Wildman–Crippen MR) is 70.7 cm³/mol. The molecule has 1 unspecified atom stereocenters. The lowest BCUT2D eigenvalue weighted by Gasteiger charge is -2.09. The van der Waals surface area contributed by atoms with Gasteiger partial charge in [-0.25, -0.2) is 0 Å². The van der Waals surface area contributed by atoms with E-state index in [2.05, 4.69) is 27.4 Å². The van der Waals surface area contributed by atoms with Gasteiger partial charge in [0.25, 0.3) is 0 Å². The van der Waals surface area contributed by atoms with Crippen molar-refractivity contribution in [2.45, 2.75) is 25.3 Å². The summed E-state index contributed by atoms with van der Waals surface area (Å²) < 4.78 is 6.45. The molecule has 0 aliphatic rings.